The van der Waals surface area contributed by atoms with Gasteiger partial charge in [-0.2, -0.15) is 0 Å². The molecule has 2 saturated heterocycles. The number of hydrogen-bond acceptors (Lipinski definition) is 6. The van der Waals surface area contributed by atoms with Crippen molar-refractivity contribution in [1.29, 1.82) is 0 Å². The van der Waals surface area contributed by atoms with E-state index in [2.05, 4.69) is 117 Å². The number of ether oxygens (including phenoxy) is 4. The average molecular weight is 879 g/mol. The minimum Gasteiger partial charge on any atom is -0.489 e. The second-order valence-corrected chi connectivity index (χ2v) is 22.1. The Morgan fingerprint density at radius 3 is 1.78 bits per heavy atom. The van der Waals surface area contributed by atoms with E-state index in [-0.39, 0.29) is 29.6 Å². The van der Waals surface area contributed by atoms with Gasteiger partial charge >= 0.3 is 7.37 Å². The molecule has 5 heterocycles. The summed E-state index contributed by atoms with van der Waals surface area (Å²) in [5, 5.41) is 5.20. The van der Waals surface area contributed by atoms with Crippen LogP contribution in [0.4, 0.5) is 0 Å². The molecule has 0 amide bonds. The number of aromatic nitrogens is 2. The summed E-state index contributed by atoms with van der Waals surface area (Å²) in [6.45, 7) is 15.5. The fourth-order valence-electron chi connectivity index (χ4n) is 9.60. The predicted octanol–water partition coefficient (Wildman–Crippen LogP) is 12.3. The monoisotopic (exact) mass is 878 g/mol. The molecule has 0 N–H and O–H groups in total. The van der Waals surface area contributed by atoms with E-state index in [4.69, 9.17) is 23.5 Å². The van der Waals surface area contributed by atoms with Crippen LogP contribution >= 0.6 is 7.37 Å². The third-order valence-corrected chi connectivity index (χ3v) is 15.7. The maximum absolute atomic E-state index is 16.4. The van der Waals surface area contributed by atoms with Gasteiger partial charge in [0.05, 0.1) is 45.8 Å². The van der Waals surface area contributed by atoms with Gasteiger partial charge in [0.25, 0.3) is 0 Å². The smallest absolute Gasteiger partial charge is 0.311 e. The maximum atomic E-state index is 16.4. The first-order valence-corrected chi connectivity index (χ1v) is 24.3. The minimum atomic E-state index is -3.92. The first-order valence-electron chi connectivity index (χ1n) is 22.6. The lowest BCUT2D eigenvalue weighted by molar-refractivity contribution is 0.262. The lowest BCUT2D eigenvalue weighted by Crippen LogP contribution is -2.27. The van der Waals surface area contributed by atoms with E-state index in [0.29, 0.717) is 47.7 Å². The summed E-state index contributed by atoms with van der Waals surface area (Å²) in [5.74, 6) is 1.62. The summed E-state index contributed by atoms with van der Waals surface area (Å²) in [5.41, 5.74) is 10.2. The molecule has 12 rings (SSSR count). The van der Waals surface area contributed by atoms with Gasteiger partial charge in [-0.05, 0) is 94.3 Å². The Kier molecular flexibility index (Phi) is 9.03. The van der Waals surface area contributed by atoms with Crippen LogP contribution in [0.1, 0.15) is 52.7 Å². The lowest BCUT2D eigenvalue weighted by Gasteiger charge is -2.30. The molecule has 65 heavy (non-hydrogen) atoms. The molecule has 326 valence electrons. The van der Waals surface area contributed by atoms with E-state index < -0.39 is 7.37 Å². The van der Waals surface area contributed by atoms with Crippen LogP contribution in [-0.2, 0) is 24.9 Å². The van der Waals surface area contributed by atoms with Crippen molar-refractivity contribution in [1.82, 2.24) is 9.13 Å². The van der Waals surface area contributed by atoms with Crippen molar-refractivity contribution in [3.63, 3.8) is 0 Å². The van der Waals surface area contributed by atoms with Gasteiger partial charge in [-0.25, -0.2) is 0 Å². The van der Waals surface area contributed by atoms with Crippen molar-refractivity contribution < 1.29 is 28.0 Å². The molecule has 0 spiro atoms. The highest BCUT2D eigenvalue weighted by atomic mass is 31.2. The van der Waals surface area contributed by atoms with E-state index in [1.54, 1.807) is 0 Å². The largest absolute Gasteiger partial charge is 0.489 e. The summed E-state index contributed by atoms with van der Waals surface area (Å²) in [6, 6.07) is 48.5. The molecule has 7 aromatic carbocycles. The standard InChI is InChI=1S/C56H51N2O6P/c1-55(2,3)34-20-23-45-42(26-34)43-27-35(56(4,5)6)21-24-46(43)57(45)37-22-25-47-44(28-37)52-53(58(47)36-14-8-7-9-15-36)49(62-32-38-30-60-38)29-51(54(52)63-33-39-31-61-39)65(59)50-19-13-11-17-41(50)40-16-10-12-18-48(40)64-65/h7-29,38-39H,30-33H2,1-6H3. The second-order valence-electron chi connectivity index (χ2n) is 19.8. The van der Waals surface area contributed by atoms with Crippen LogP contribution in [0.2, 0.25) is 0 Å². The van der Waals surface area contributed by atoms with Gasteiger partial charge in [-0.3, -0.25) is 4.57 Å². The highest BCUT2D eigenvalue weighted by Crippen LogP contribution is 2.58. The van der Waals surface area contributed by atoms with E-state index in [0.717, 1.165) is 55.3 Å². The van der Waals surface area contributed by atoms with Crippen molar-refractivity contribution in [2.75, 3.05) is 26.4 Å². The zero-order chi connectivity index (χ0) is 44.4. The van der Waals surface area contributed by atoms with Crippen molar-refractivity contribution in [3.8, 4) is 39.8 Å². The van der Waals surface area contributed by atoms with Crippen molar-refractivity contribution in [2.24, 2.45) is 0 Å². The van der Waals surface area contributed by atoms with Gasteiger partial charge in [0.2, 0.25) is 0 Å². The Balaban J connectivity index is 1.19. The Labute approximate surface area is 378 Å². The zero-order valence-electron chi connectivity index (χ0n) is 37.6. The van der Waals surface area contributed by atoms with Crippen LogP contribution in [0, 0.1) is 0 Å². The van der Waals surface area contributed by atoms with Gasteiger partial charge in [0.15, 0.2) is 0 Å². The Morgan fingerprint density at radius 1 is 0.569 bits per heavy atom. The van der Waals surface area contributed by atoms with E-state index >= 15 is 4.57 Å². The van der Waals surface area contributed by atoms with Gasteiger partial charge in [0.1, 0.15) is 48.2 Å². The van der Waals surface area contributed by atoms with Crippen molar-refractivity contribution in [2.45, 2.75) is 64.6 Å². The molecule has 2 aromatic heterocycles. The maximum Gasteiger partial charge on any atom is 0.311 e. The topological polar surface area (TPSA) is 79.7 Å². The molecular formula is C56H51N2O6P. The fourth-order valence-corrected chi connectivity index (χ4v) is 12.0. The summed E-state index contributed by atoms with van der Waals surface area (Å²) in [6.07, 6.45) is -0.103. The minimum absolute atomic E-state index is 0.0277. The molecule has 0 bridgehead atoms. The molecule has 9 aromatic rings. The first kappa shape index (κ1) is 40.2. The molecule has 3 aliphatic heterocycles. The third kappa shape index (κ3) is 6.68. The quantitative estimate of drug-likeness (QED) is 0.106. The van der Waals surface area contributed by atoms with Crippen LogP contribution in [0.25, 0.3) is 66.1 Å². The zero-order valence-corrected chi connectivity index (χ0v) is 38.4. The number of benzene rings is 7. The van der Waals surface area contributed by atoms with Crippen LogP contribution in [0.15, 0.2) is 140 Å². The molecule has 0 radical (unpaired) electrons. The summed E-state index contributed by atoms with van der Waals surface area (Å²) in [4.78, 5) is 0. The molecular weight excluding hydrogens is 828 g/mol. The van der Waals surface area contributed by atoms with Crippen LogP contribution < -0.4 is 24.6 Å². The van der Waals surface area contributed by atoms with Crippen LogP contribution in [-0.4, -0.2) is 47.8 Å². The Bertz CT molecular complexity index is 3370. The number of nitrogens with zero attached hydrogens (tertiary/aromatic N) is 2. The van der Waals surface area contributed by atoms with E-state index in [9.17, 15) is 0 Å². The predicted molar refractivity (Wildman–Crippen MR) is 262 cm³/mol. The molecule has 2 fully saturated rings. The average Bonchev–Trinajstić information content (AvgIpc) is 4.25. The Hall–Kier alpha value is -6.31. The van der Waals surface area contributed by atoms with E-state index in [1.807, 2.05) is 72.8 Å². The summed E-state index contributed by atoms with van der Waals surface area (Å²) in [7, 11) is -3.92. The number of rotatable bonds is 9. The van der Waals surface area contributed by atoms with Crippen LogP contribution in [0.5, 0.6) is 17.2 Å². The van der Waals surface area contributed by atoms with Crippen molar-refractivity contribution >= 4 is 61.6 Å². The molecule has 9 heteroatoms. The van der Waals surface area contributed by atoms with E-state index in [1.165, 1.54) is 21.9 Å². The first-order chi connectivity index (χ1) is 31.3. The molecule has 3 aliphatic rings. The van der Waals surface area contributed by atoms with Gasteiger partial charge in [0, 0.05) is 39.2 Å². The van der Waals surface area contributed by atoms with Gasteiger partial charge in [-0.15, -0.1) is 0 Å². The highest BCUT2D eigenvalue weighted by Gasteiger charge is 2.43. The summed E-state index contributed by atoms with van der Waals surface area (Å²) >= 11 is 0. The third-order valence-electron chi connectivity index (χ3n) is 13.3. The molecule has 0 aliphatic carbocycles. The lowest BCUT2D eigenvalue weighted by atomic mass is 9.85. The van der Waals surface area contributed by atoms with Gasteiger partial charge in [-0.1, -0.05) is 108 Å². The second kappa shape index (κ2) is 14.6. The number of para-hydroxylation sites is 2. The summed E-state index contributed by atoms with van der Waals surface area (Å²) < 4.78 is 53.2. The molecule has 0 saturated carbocycles. The number of epoxide rings is 2. The number of hydrogen-bond donors (Lipinski definition) is 0. The Morgan fingerprint density at radius 2 is 1.14 bits per heavy atom. The van der Waals surface area contributed by atoms with Crippen LogP contribution in [0.3, 0.4) is 0 Å². The van der Waals surface area contributed by atoms with Gasteiger partial charge < -0.3 is 32.6 Å². The molecule has 3 atom stereocenters. The molecule has 8 nitrogen and oxygen atoms in total. The normalized spacial score (nSPS) is 19.0. The fraction of sp³-hybridized carbons (Fsp3) is 0.250. The van der Waals surface area contributed by atoms with Crippen molar-refractivity contribution in [3.05, 3.63) is 151 Å². The number of fused-ring (bicyclic) bond motifs is 9. The SMILES string of the molecule is CC(C)(C)c1ccc2c(c1)c1cc(C(C)(C)C)ccc1n2-c1ccc2c(c1)c1c(OCC3CO3)c(P3(=O)Oc4ccccc4-c4ccccc43)cc(OCC3CO3)c1n2-c1ccccc1. The molecule has 3 unspecified atom stereocenters. The highest BCUT2D eigenvalue weighted by molar-refractivity contribution is 7.75.